The van der Waals surface area contributed by atoms with Gasteiger partial charge in [-0.25, -0.2) is 8.42 Å². The topological polar surface area (TPSA) is 60.2 Å². The van der Waals surface area contributed by atoms with Crippen molar-refractivity contribution in [3.8, 4) is 0 Å². The Morgan fingerprint density at radius 1 is 1.38 bits per heavy atom. The van der Waals surface area contributed by atoms with Gasteiger partial charge in [-0.2, -0.15) is 0 Å². The van der Waals surface area contributed by atoms with E-state index in [2.05, 4.69) is 0 Å². The summed E-state index contributed by atoms with van der Waals surface area (Å²) in [5.41, 5.74) is 6.33. The van der Waals surface area contributed by atoms with Crippen LogP contribution in [0.15, 0.2) is 29.2 Å². The molecule has 0 aliphatic heterocycles. The molecule has 3 nitrogen and oxygen atoms in total. The fraction of sp³-hybridized carbons (Fsp3) is 0.455. The van der Waals surface area contributed by atoms with Crippen LogP contribution in [0.3, 0.4) is 0 Å². The van der Waals surface area contributed by atoms with Crippen molar-refractivity contribution < 1.29 is 8.42 Å². The van der Waals surface area contributed by atoms with E-state index < -0.39 is 15.4 Å². The van der Waals surface area contributed by atoms with Crippen molar-refractivity contribution in [1.82, 2.24) is 0 Å². The average Bonchev–Trinajstić information content (AvgIpc) is 2.82. The fourth-order valence-corrected chi connectivity index (χ4v) is 3.44. The third-order valence-corrected chi connectivity index (χ3v) is 4.65. The number of nitrogens with two attached hydrogens (primary N) is 1. The van der Waals surface area contributed by atoms with E-state index in [4.69, 9.17) is 5.73 Å². The smallest absolute Gasteiger partial charge is 0.180 e. The van der Waals surface area contributed by atoms with E-state index in [1.54, 1.807) is 18.2 Å². The molecule has 0 spiro atoms. The highest BCUT2D eigenvalue weighted by Gasteiger charge is 2.42. The van der Waals surface area contributed by atoms with Crippen molar-refractivity contribution >= 4 is 22.2 Å². The molecule has 0 atom stereocenters. The lowest BCUT2D eigenvalue weighted by Gasteiger charge is -2.09. The molecule has 2 rings (SSSR count). The maximum Gasteiger partial charge on any atom is 0.180 e. The van der Waals surface area contributed by atoms with Gasteiger partial charge in [0.2, 0.25) is 0 Å². The second-order valence-corrected chi connectivity index (χ2v) is 6.43. The average molecular weight is 262 g/mol. The van der Waals surface area contributed by atoms with Gasteiger partial charge in [-0.05, 0) is 37.5 Å². The number of benzene rings is 1. The Bertz CT molecular complexity index is 481. The Hall–Kier alpha value is -0.580. The Balaban J connectivity index is 0.00000128. The molecule has 90 valence electrons. The van der Waals surface area contributed by atoms with Crippen molar-refractivity contribution in [3.05, 3.63) is 29.8 Å². The SMILES string of the molecule is Cc1cccc(S(=O)(=O)CC2(N)CC2)c1.Cl. The largest absolute Gasteiger partial charge is 0.324 e. The van der Waals surface area contributed by atoms with Gasteiger partial charge in [0.25, 0.3) is 0 Å². The van der Waals surface area contributed by atoms with Crippen LogP contribution in [-0.2, 0) is 9.84 Å². The summed E-state index contributed by atoms with van der Waals surface area (Å²) in [6, 6.07) is 6.97. The summed E-state index contributed by atoms with van der Waals surface area (Å²) in [6.07, 6.45) is 1.64. The third kappa shape index (κ3) is 2.97. The van der Waals surface area contributed by atoms with Crippen molar-refractivity contribution in [2.75, 3.05) is 5.75 Å². The lowest BCUT2D eigenvalue weighted by atomic mass is 10.2. The molecule has 0 radical (unpaired) electrons. The molecule has 1 fully saturated rings. The predicted octanol–water partition coefficient (Wildman–Crippen LogP) is 1.68. The van der Waals surface area contributed by atoms with Crippen molar-refractivity contribution in [2.45, 2.75) is 30.2 Å². The Kier molecular flexibility index (Phi) is 3.67. The van der Waals surface area contributed by atoms with Gasteiger partial charge < -0.3 is 5.73 Å². The van der Waals surface area contributed by atoms with Crippen LogP contribution in [0, 0.1) is 6.92 Å². The first kappa shape index (κ1) is 13.5. The molecule has 2 N–H and O–H groups in total. The van der Waals surface area contributed by atoms with Crippen molar-refractivity contribution in [2.24, 2.45) is 5.73 Å². The summed E-state index contributed by atoms with van der Waals surface area (Å²) in [7, 11) is -3.20. The predicted molar refractivity (Wildman–Crippen MR) is 66.6 cm³/mol. The van der Waals surface area contributed by atoms with Gasteiger partial charge in [0.15, 0.2) is 9.84 Å². The number of halogens is 1. The van der Waals surface area contributed by atoms with Crippen LogP contribution < -0.4 is 5.73 Å². The molecular weight excluding hydrogens is 246 g/mol. The minimum atomic E-state index is -3.20. The van der Waals surface area contributed by atoms with Gasteiger partial charge in [0.1, 0.15) is 0 Å². The van der Waals surface area contributed by atoms with Gasteiger partial charge in [-0.3, -0.25) is 0 Å². The third-order valence-electron chi connectivity index (χ3n) is 2.72. The zero-order valence-corrected chi connectivity index (χ0v) is 10.8. The maximum absolute atomic E-state index is 12.0. The molecule has 1 aliphatic rings. The summed E-state index contributed by atoms with van der Waals surface area (Å²) in [5, 5.41) is 0. The van der Waals surface area contributed by atoms with E-state index in [-0.39, 0.29) is 18.2 Å². The lowest BCUT2D eigenvalue weighted by molar-refractivity contribution is 0.585. The van der Waals surface area contributed by atoms with E-state index in [0.29, 0.717) is 4.90 Å². The van der Waals surface area contributed by atoms with Crippen LogP contribution in [0.5, 0.6) is 0 Å². The van der Waals surface area contributed by atoms with Crippen LogP contribution in [0.25, 0.3) is 0 Å². The van der Waals surface area contributed by atoms with Gasteiger partial charge in [0.05, 0.1) is 10.6 Å². The highest BCUT2D eigenvalue weighted by atomic mass is 35.5. The summed E-state index contributed by atoms with van der Waals surface area (Å²) in [4.78, 5) is 0.388. The first-order chi connectivity index (χ1) is 6.91. The minimum Gasteiger partial charge on any atom is -0.324 e. The molecule has 5 heteroatoms. The van der Waals surface area contributed by atoms with E-state index in [1.165, 1.54) is 0 Å². The van der Waals surface area contributed by atoms with Crippen molar-refractivity contribution in [3.63, 3.8) is 0 Å². The van der Waals surface area contributed by atoms with E-state index >= 15 is 0 Å². The highest BCUT2D eigenvalue weighted by molar-refractivity contribution is 7.91. The number of hydrogen-bond acceptors (Lipinski definition) is 3. The standard InChI is InChI=1S/C11H15NO2S.ClH/c1-9-3-2-4-10(7-9)15(13,14)8-11(12)5-6-11;/h2-4,7H,5-6,8,12H2,1H3;1H. The highest BCUT2D eigenvalue weighted by Crippen LogP contribution is 2.35. The van der Waals surface area contributed by atoms with Gasteiger partial charge >= 0.3 is 0 Å². The monoisotopic (exact) mass is 261 g/mol. The number of aryl methyl sites for hydroxylation is 1. The quantitative estimate of drug-likeness (QED) is 0.901. The number of sulfone groups is 1. The molecule has 0 unspecified atom stereocenters. The van der Waals surface area contributed by atoms with Gasteiger partial charge in [-0.15, -0.1) is 12.4 Å². The fourth-order valence-electron chi connectivity index (χ4n) is 1.58. The summed E-state index contributed by atoms with van der Waals surface area (Å²) in [6.45, 7) is 1.88. The van der Waals surface area contributed by atoms with Crippen LogP contribution >= 0.6 is 12.4 Å². The first-order valence-corrected chi connectivity index (χ1v) is 6.65. The maximum atomic E-state index is 12.0. The minimum absolute atomic E-state index is 0. The van der Waals surface area contributed by atoms with Crippen molar-refractivity contribution in [1.29, 1.82) is 0 Å². The number of hydrogen-bond donors (Lipinski definition) is 1. The normalized spacial score (nSPS) is 17.6. The summed E-state index contributed by atoms with van der Waals surface area (Å²) >= 11 is 0. The second-order valence-electron chi connectivity index (χ2n) is 4.44. The van der Waals surface area contributed by atoms with E-state index in [9.17, 15) is 8.42 Å². The number of rotatable bonds is 3. The van der Waals surface area contributed by atoms with Crippen LogP contribution in [0.4, 0.5) is 0 Å². The van der Waals surface area contributed by atoms with Gasteiger partial charge in [0, 0.05) is 5.54 Å². The zero-order valence-electron chi connectivity index (χ0n) is 9.14. The van der Waals surface area contributed by atoms with Gasteiger partial charge in [-0.1, -0.05) is 12.1 Å². The lowest BCUT2D eigenvalue weighted by Crippen LogP contribution is -2.31. The molecule has 1 aromatic carbocycles. The molecule has 0 saturated heterocycles. The zero-order chi connectivity index (χ0) is 11.1. The Labute approximate surface area is 102 Å². The summed E-state index contributed by atoms with van der Waals surface area (Å²) < 4.78 is 23.9. The van der Waals surface area contributed by atoms with Crippen LogP contribution in [-0.4, -0.2) is 19.7 Å². The molecule has 16 heavy (non-hydrogen) atoms. The first-order valence-electron chi connectivity index (χ1n) is 5.00. The summed E-state index contributed by atoms with van der Waals surface area (Å²) in [5.74, 6) is 0.0729. The van der Waals surface area contributed by atoms with Crippen LogP contribution in [0.2, 0.25) is 0 Å². The molecule has 1 saturated carbocycles. The Morgan fingerprint density at radius 2 is 2.00 bits per heavy atom. The van der Waals surface area contributed by atoms with Crippen LogP contribution in [0.1, 0.15) is 18.4 Å². The van der Waals surface area contributed by atoms with E-state index in [1.807, 2.05) is 13.0 Å². The molecule has 1 aliphatic carbocycles. The molecular formula is C11H16ClNO2S. The molecule has 0 bridgehead atoms. The van der Waals surface area contributed by atoms with E-state index in [0.717, 1.165) is 18.4 Å². The molecule has 0 heterocycles. The molecule has 0 aromatic heterocycles. The second kappa shape index (κ2) is 4.35. The molecule has 1 aromatic rings. The molecule has 0 amide bonds. The Morgan fingerprint density at radius 3 is 2.50 bits per heavy atom.